The Morgan fingerprint density at radius 3 is 2.57 bits per heavy atom. The second-order valence-corrected chi connectivity index (χ2v) is 3.28. The molecule has 0 atom stereocenters. The van der Waals surface area contributed by atoms with Crippen LogP contribution in [-0.4, -0.2) is 12.5 Å². The number of hydrogen-bond acceptors (Lipinski definition) is 1. The Hall–Kier alpha value is -1.03. The highest BCUT2D eigenvalue weighted by atomic mass is 19.3. The Bertz CT molecular complexity index is 323. The summed E-state index contributed by atoms with van der Waals surface area (Å²) in [5, 5.41) is 0. The minimum atomic E-state index is -3.03. The van der Waals surface area contributed by atoms with Gasteiger partial charge in [0.05, 0.1) is 6.54 Å². The van der Waals surface area contributed by atoms with Gasteiger partial charge in [0.1, 0.15) is 5.82 Å². The molecule has 1 rings (SSSR count). The lowest BCUT2D eigenvalue weighted by Gasteiger charge is -2.14. The van der Waals surface area contributed by atoms with E-state index >= 15 is 0 Å². The zero-order chi connectivity index (χ0) is 10.8. The van der Waals surface area contributed by atoms with Gasteiger partial charge in [-0.1, -0.05) is 18.2 Å². The predicted molar refractivity (Wildman–Crippen MR) is 48.8 cm³/mol. The van der Waals surface area contributed by atoms with E-state index in [4.69, 9.17) is 5.73 Å². The highest BCUT2D eigenvalue weighted by Crippen LogP contribution is 2.21. The highest BCUT2D eigenvalue weighted by molar-refractivity contribution is 5.25. The molecule has 0 aliphatic heterocycles. The molecule has 1 aromatic rings. The van der Waals surface area contributed by atoms with Gasteiger partial charge in [-0.2, -0.15) is 0 Å². The first-order valence-corrected chi connectivity index (χ1v) is 4.28. The van der Waals surface area contributed by atoms with E-state index in [1.807, 2.05) is 0 Å². The van der Waals surface area contributed by atoms with E-state index < -0.39 is 24.7 Å². The minimum Gasteiger partial charge on any atom is -0.325 e. The van der Waals surface area contributed by atoms with Crippen molar-refractivity contribution in [1.29, 1.82) is 0 Å². The first-order chi connectivity index (χ1) is 6.46. The van der Waals surface area contributed by atoms with E-state index in [1.54, 1.807) is 19.1 Å². The maximum absolute atomic E-state index is 13.3. The molecule has 78 valence electrons. The van der Waals surface area contributed by atoms with Crippen LogP contribution in [0, 0.1) is 12.7 Å². The van der Waals surface area contributed by atoms with Crippen molar-refractivity contribution in [2.75, 3.05) is 6.54 Å². The van der Waals surface area contributed by atoms with Gasteiger partial charge in [-0.3, -0.25) is 0 Å². The number of aryl methyl sites for hydroxylation is 1. The van der Waals surface area contributed by atoms with Crippen molar-refractivity contribution >= 4 is 0 Å². The molecule has 0 saturated heterocycles. The quantitative estimate of drug-likeness (QED) is 0.801. The highest BCUT2D eigenvalue weighted by Gasteiger charge is 2.28. The zero-order valence-corrected chi connectivity index (χ0v) is 7.86. The molecule has 0 spiro atoms. The van der Waals surface area contributed by atoms with Gasteiger partial charge in [0.25, 0.3) is 5.92 Å². The van der Waals surface area contributed by atoms with Crippen molar-refractivity contribution < 1.29 is 13.2 Å². The fourth-order valence-corrected chi connectivity index (χ4v) is 1.20. The summed E-state index contributed by atoms with van der Waals surface area (Å²) in [6.07, 6.45) is -0.642. The Morgan fingerprint density at radius 2 is 2.00 bits per heavy atom. The third kappa shape index (κ3) is 2.48. The topological polar surface area (TPSA) is 26.0 Å². The van der Waals surface area contributed by atoms with Crippen molar-refractivity contribution in [3.8, 4) is 0 Å². The van der Waals surface area contributed by atoms with Crippen LogP contribution in [0.2, 0.25) is 0 Å². The zero-order valence-electron chi connectivity index (χ0n) is 7.86. The van der Waals surface area contributed by atoms with E-state index in [0.717, 1.165) is 0 Å². The lowest BCUT2D eigenvalue weighted by Crippen LogP contribution is -2.30. The Balaban J connectivity index is 2.92. The number of benzene rings is 1. The van der Waals surface area contributed by atoms with Gasteiger partial charge in [0.2, 0.25) is 0 Å². The fraction of sp³-hybridized carbons (Fsp3) is 0.400. The largest absolute Gasteiger partial charge is 0.325 e. The monoisotopic (exact) mass is 203 g/mol. The molecule has 1 aromatic carbocycles. The lowest BCUT2D eigenvalue weighted by atomic mass is 10.0. The summed E-state index contributed by atoms with van der Waals surface area (Å²) in [5.74, 6) is -3.60. The predicted octanol–water partition coefficient (Wildman–Crippen LogP) is 2.27. The summed E-state index contributed by atoms with van der Waals surface area (Å²) in [4.78, 5) is 0. The molecule has 0 aromatic heterocycles. The molecule has 14 heavy (non-hydrogen) atoms. The van der Waals surface area contributed by atoms with Gasteiger partial charge in [-0.05, 0) is 18.1 Å². The molecule has 0 unspecified atom stereocenters. The summed E-state index contributed by atoms with van der Waals surface area (Å²) >= 11 is 0. The molecule has 0 aliphatic rings. The van der Waals surface area contributed by atoms with E-state index in [-0.39, 0.29) is 5.56 Å². The third-order valence-electron chi connectivity index (χ3n) is 2.02. The lowest BCUT2D eigenvalue weighted by molar-refractivity contribution is 0.0107. The van der Waals surface area contributed by atoms with Crippen molar-refractivity contribution in [1.82, 2.24) is 0 Å². The number of halogens is 3. The molecule has 0 bridgehead atoms. The van der Waals surface area contributed by atoms with Gasteiger partial charge < -0.3 is 5.73 Å². The number of hydrogen-bond donors (Lipinski definition) is 1. The molecule has 0 saturated carbocycles. The first kappa shape index (κ1) is 11.0. The number of rotatable bonds is 3. The molecule has 0 radical (unpaired) electrons. The molecule has 4 heteroatoms. The average molecular weight is 203 g/mol. The van der Waals surface area contributed by atoms with Crippen LogP contribution in [0.1, 0.15) is 11.1 Å². The molecule has 1 nitrogen and oxygen atoms in total. The van der Waals surface area contributed by atoms with Crippen LogP contribution >= 0.6 is 0 Å². The number of nitrogens with two attached hydrogens (primary N) is 1. The van der Waals surface area contributed by atoms with E-state index in [9.17, 15) is 13.2 Å². The Kier molecular flexibility index (Phi) is 3.16. The standard InChI is InChI=1S/C10H12F3N/c1-7-3-2-4-8(9(7)11)5-10(12,13)6-14/h2-4H,5-6,14H2,1H3. The van der Waals surface area contributed by atoms with Crippen LogP contribution in [0.15, 0.2) is 18.2 Å². The van der Waals surface area contributed by atoms with E-state index in [2.05, 4.69) is 0 Å². The maximum atomic E-state index is 13.3. The van der Waals surface area contributed by atoms with Crippen LogP contribution in [-0.2, 0) is 6.42 Å². The molecular formula is C10H12F3N. The van der Waals surface area contributed by atoms with Crippen LogP contribution in [0.3, 0.4) is 0 Å². The van der Waals surface area contributed by atoms with Gasteiger partial charge in [-0.25, -0.2) is 13.2 Å². The fourth-order valence-electron chi connectivity index (χ4n) is 1.20. The molecular weight excluding hydrogens is 191 g/mol. The summed E-state index contributed by atoms with van der Waals surface area (Å²) in [5.41, 5.74) is 5.25. The Labute approximate surface area is 80.7 Å². The average Bonchev–Trinajstić information content (AvgIpc) is 2.13. The third-order valence-corrected chi connectivity index (χ3v) is 2.02. The van der Waals surface area contributed by atoms with Gasteiger partial charge in [0, 0.05) is 6.42 Å². The van der Waals surface area contributed by atoms with Gasteiger partial charge in [-0.15, -0.1) is 0 Å². The minimum absolute atomic E-state index is 0.0143. The smallest absolute Gasteiger partial charge is 0.264 e. The van der Waals surface area contributed by atoms with Crippen LogP contribution in [0.5, 0.6) is 0 Å². The van der Waals surface area contributed by atoms with Crippen molar-refractivity contribution in [3.05, 3.63) is 35.1 Å². The summed E-state index contributed by atoms with van der Waals surface area (Å²) in [6, 6.07) is 4.45. The van der Waals surface area contributed by atoms with Crippen LogP contribution in [0.25, 0.3) is 0 Å². The van der Waals surface area contributed by atoms with Crippen LogP contribution < -0.4 is 5.73 Å². The van der Waals surface area contributed by atoms with Crippen molar-refractivity contribution in [2.45, 2.75) is 19.3 Å². The van der Waals surface area contributed by atoms with Crippen molar-refractivity contribution in [3.63, 3.8) is 0 Å². The van der Waals surface area contributed by atoms with E-state index in [1.165, 1.54) is 6.07 Å². The molecule has 0 fully saturated rings. The first-order valence-electron chi connectivity index (χ1n) is 4.28. The summed E-state index contributed by atoms with van der Waals surface area (Å²) in [6.45, 7) is 0.778. The van der Waals surface area contributed by atoms with Gasteiger partial charge in [0.15, 0.2) is 0 Å². The SMILES string of the molecule is Cc1cccc(CC(F)(F)CN)c1F. The Morgan fingerprint density at radius 1 is 1.36 bits per heavy atom. The van der Waals surface area contributed by atoms with Crippen LogP contribution in [0.4, 0.5) is 13.2 Å². The molecule has 0 amide bonds. The second kappa shape index (κ2) is 4.00. The van der Waals surface area contributed by atoms with Gasteiger partial charge >= 0.3 is 0 Å². The summed E-state index contributed by atoms with van der Waals surface area (Å²) in [7, 11) is 0. The molecule has 2 N–H and O–H groups in total. The maximum Gasteiger partial charge on any atom is 0.264 e. The number of alkyl halides is 2. The second-order valence-electron chi connectivity index (χ2n) is 3.28. The molecule has 0 aliphatic carbocycles. The molecule has 0 heterocycles. The normalized spacial score (nSPS) is 11.8. The van der Waals surface area contributed by atoms with E-state index in [0.29, 0.717) is 5.56 Å². The summed E-state index contributed by atoms with van der Waals surface area (Å²) < 4.78 is 39.0. The van der Waals surface area contributed by atoms with Crippen molar-refractivity contribution in [2.24, 2.45) is 5.73 Å².